The lowest BCUT2D eigenvalue weighted by Crippen LogP contribution is -2.49. The smallest absolute Gasteiger partial charge is 0.404 e. The van der Waals surface area contributed by atoms with Gasteiger partial charge in [0.25, 0.3) is 0 Å². The fraction of sp³-hybridized carbons (Fsp3) is 0.588. The predicted molar refractivity (Wildman–Crippen MR) is 85.3 cm³/mol. The highest BCUT2D eigenvalue weighted by Crippen LogP contribution is 2.41. The van der Waals surface area contributed by atoms with E-state index in [1.165, 1.54) is 0 Å². The molecule has 0 unspecified atom stereocenters. The Morgan fingerprint density at radius 2 is 2.00 bits per heavy atom. The Labute approximate surface area is 136 Å². The Balaban J connectivity index is 2.39. The van der Waals surface area contributed by atoms with Gasteiger partial charge in [0.15, 0.2) is 0 Å². The van der Waals surface area contributed by atoms with Crippen LogP contribution in [0.15, 0.2) is 18.2 Å². The van der Waals surface area contributed by atoms with Crippen LogP contribution in [0, 0.1) is 5.41 Å². The van der Waals surface area contributed by atoms with E-state index in [2.05, 4.69) is 5.32 Å². The first-order valence-corrected chi connectivity index (χ1v) is 7.60. The summed E-state index contributed by atoms with van der Waals surface area (Å²) in [7, 11) is 0. The van der Waals surface area contributed by atoms with Gasteiger partial charge < -0.3 is 25.0 Å². The van der Waals surface area contributed by atoms with Crippen molar-refractivity contribution in [1.29, 1.82) is 0 Å². The molecule has 0 aliphatic carbocycles. The minimum absolute atomic E-state index is 0.0994. The fourth-order valence-corrected chi connectivity index (χ4v) is 2.60. The molecule has 1 heterocycles. The molecule has 1 aliphatic heterocycles. The molecular formula is C17H25NO5. The van der Waals surface area contributed by atoms with Crippen LogP contribution in [0.1, 0.15) is 45.7 Å². The zero-order chi connectivity index (χ0) is 17.5. The maximum Gasteiger partial charge on any atom is 0.404 e. The molecule has 1 aromatic rings. The number of hydrogen-bond acceptors (Lipinski definition) is 4. The van der Waals surface area contributed by atoms with E-state index in [9.17, 15) is 9.90 Å². The number of benzene rings is 1. The molecule has 128 valence electrons. The average Bonchev–Trinajstić information content (AvgIpc) is 2.42. The van der Waals surface area contributed by atoms with Gasteiger partial charge >= 0.3 is 6.09 Å². The molecule has 2 rings (SSSR count). The van der Waals surface area contributed by atoms with Gasteiger partial charge in [0, 0.05) is 19.4 Å². The molecule has 6 heteroatoms. The summed E-state index contributed by atoms with van der Waals surface area (Å²) >= 11 is 0. The van der Waals surface area contributed by atoms with E-state index in [-0.39, 0.29) is 6.54 Å². The summed E-state index contributed by atoms with van der Waals surface area (Å²) in [5.41, 5.74) is -0.462. The van der Waals surface area contributed by atoms with Crippen LogP contribution < -0.4 is 10.1 Å². The van der Waals surface area contributed by atoms with Crippen molar-refractivity contribution < 1.29 is 24.5 Å². The first kappa shape index (κ1) is 17.6. The lowest BCUT2D eigenvalue weighted by Gasteiger charge is -2.41. The van der Waals surface area contributed by atoms with E-state index in [0.29, 0.717) is 17.9 Å². The van der Waals surface area contributed by atoms with Gasteiger partial charge in [0.05, 0.1) is 13.2 Å². The lowest BCUT2D eigenvalue weighted by atomic mass is 9.71. The van der Waals surface area contributed by atoms with Crippen molar-refractivity contribution in [2.45, 2.75) is 52.6 Å². The Hall–Kier alpha value is -1.79. The molecule has 0 saturated heterocycles. The van der Waals surface area contributed by atoms with Crippen LogP contribution in [0.5, 0.6) is 5.75 Å². The van der Waals surface area contributed by atoms with Crippen LogP contribution in [0.4, 0.5) is 4.79 Å². The van der Waals surface area contributed by atoms with E-state index in [0.717, 1.165) is 5.56 Å². The first-order chi connectivity index (χ1) is 10.4. The molecule has 0 spiro atoms. The number of nitrogens with one attached hydrogen (secondary N) is 1. The third kappa shape index (κ3) is 3.59. The van der Waals surface area contributed by atoms with Crippen LogP contribution in [0.3, 0.4) is 0 Å². The van der Waals surface area contributed by atoms with Crippen LogP contribution in [0.2, 0.25) is 0 Å². The Kier molecular flexibility index (Phi) is 4.34. The van der Waals surface area contributed by atoms with Crippen molar-refractivity contribution in [3.63, 3.8) is 0 Å². The maximum absolute atomic E-state index is 11.2. The average molecular weight is 323 g/mol. The van der Waals surface area contributed by atoms with Crippen LogP contribution >= 0.6 is 0 Å². The molecular weight excluding hydrogens is 298 g/mol. The third-order valence-corrected chi connectivity index (χ3v) is 4.21. The number of hydrogen-bond donors (Lipinski definition) is 3. The van der Waals surface area contributed by atoms with Gasteiger partial charge in [-0.1, -0.05) is 26.8 Å². The lowest BCUT2D eigenvalue weighted by molar-refractivity contribution is -0.180. The minimum Gasteiger partial charge on any atom is -0.465 e. The van der Waals surface area contributed by atoms with E-state index < -0.39 is 22.9 Å². The molecule has 1 atom stereocenters. The minimum atomic E-state index is -1.35. The Bertz CT molecular complexity index is 605. The summed E-state index contributed by atoms with van der Waals surface area (Å²) < 4.78 is 11.4. The van der Waals surface area contributed by atoms with Crippen molar-refractivity contribution in [3.05, 3.63) is 29.3 Å². The summed E-state index contributed by atoms with van der Waals surface area (Å²) in [6.07, 6.45) is -1.17. The van der Waals surface area contributed by atoms with E-state index in [1.807, 2.05) is 40.7 Å². The molecule has 0 radical (unpaired) electrons. The monoisotopic (exact) mass is 323 g/mol. The summed E-state index contributed by atoms with van der Waals surface area (Å²) in [4.78, 5) is 10.8. The second kappa shape index (κ2) is 5.69. The van der Waals surface area contributed by atoms with E-state index in [4.69, 9.17) is 14.6 Å². The van der Waals surface area contributed by atoms with Crippen LogP contribution in [0.25, 0.3) is 0 Å². The largest absolute Gasteiger partial charge is 0.465 e. The number of rotatable bonds is 3. The van der Waals surface area contributed by atoms with E-state index in [1.54, 1.807) is 12.1 Å². The van der Waals surface area contributed by atoms with Crippen molar-refractivity contribution >= 4 is 6.09 Å². The van der Waals surface area contributed by atoms with Crippen molar-refractivity contribution in [3.8, 4) is 5.75 Å². The van der Waals surface area contributed by atoms with Crippen molar-refractivity contribution in [2.24, 2.45) is 5.41 Å². The SMILES string of the molecule is CC1(C)OCc2cc([C@@](O)(CNC(=O)O)C(C)(C)C)ccc2O1. The zero-order valence-electron chi connectivity index (χ0n) is 14.3. The molecule has 0 bridgehead atoms. The zero-order valence-corrected chi connectivity index (χ0v) is 14.3. The highest BCUT2D eigenvalue weighted by atomic mass is 16.7. The molecule has 3 N–H and O–H groups in total. The second-order valence-electron chi connectivity index (χ2n) is 7.38. The van der Waals surface area contributed by atoms with Gasteiger partial charge in [0.2, 0.25) is 5.79 Å². The normalized spacial score (nSPS) is 19.2. The molecule has 6 nitrogen and oxygen atoms in total. The summed E-state index contributed by atoms with van der Waals surface area (Å²) in [5, 5.41) is 22.3. The van der Waals surface area contributed by atoms with Gasteiger partial charge in [-0.15, -0.1) is 0 Å². The standard InChI is InChI=1S/C17H25NO5/c1-15(2,3)17(21,10-18-14(19)20)12-6-7-13-11(8-12)9-22-16(4,5)23-13/h6-8,18,21H,9-10H2,1-5H3,(H,19,20)/t17-/m0/s1. The van der Waals surface area contributed by atoms with Gasteiger partial charge in [-0.05, 0) is 23.1 Å². The topological polar surface area (TPSA) is 88.0 Å². The predicted octanol–water partition coefficient (Wildman–Crippen LogP) is 2.83. The number of carbonyl (C=O) groups is 1. The van der Waals surface area contributed by atoms with Crippen LogP contribution in [-0.4, -0.2) is 28.6 Å². The van der Waals surface area contributed by atoms with Crippen molar-refractivity contribution in [1.82, 2.24) is 5.32 Å². The van der Waals surface area contributed by atoms with E-state index >= 15 is 0 Å². The molecule has 1 aromatic carbocycles. The van der Waals surface area contributed by atoms with Gasteiger partial charge in [-0.3, -0.25) is 0 Å². The fourth-order valence-electron chi connectivity index (χ4n) is 2.60. The maximum atomic E-state index is 11.2. The number of amides is 1. The van der Waals surface area contributed by atoms with Gasteiger partial charge in [-0.25, -0.2) is 4.79 Å². The molecule has 1 amide bonds. The molecule has 0 fully saturated rings. The quantitative estimate of drug-likeness (QED) is 0.796. The number of carboxylic acid groups (broad SMARTS) is 1. The second-order valence-corrected chi connectivity index (χ2v) is 7.38. The number of fused-ring (bicyclic) bond motifs is 1. The Morgan fingerprint density at radius 1 is 1.35 bits per heavy atom. The molecule has 0 aromatic heterocycles. The summed E-state index contributed by atoms with van der Waals surface area (Å²) in [6.45, 7) is 9.56. The number of aliphatic hydroxyl groups is 1. The number of ether oxygens (including phenoxy) is 2. The summed E-state index contributed by atoms with van der Waals surface area (Å²) in [5.74, 6) is 0.0344. The third-order valence-electron chi connectivity index (χ3n) is 4.21. The van der Waals surface area contributed by atoms with Crippen LogP contribution in [-0.2, 0) is 16.9 Å². The summed E-state index contributed by atoms with van der Waals surface area (Å²) in [6, 6.07) is 5.39. The van der Waals surface area contributed by atoms with Gasteiger partial charge in [-0.2, -0.15) is 0 Å². The molecule has 0 saturated carbocycles. The highest BCUT2D eigenvalue weighted by molar-refractivity contribution is 5.64. The highest BCUT2D eigenvalue weighted by Gasteiger charge is 2.42. The van der Waals surface area contributed by atoms with Gasteiger partial charge in [0.1, 0.15) is 11.4 Å². The Morgan fingerprint density at radius 3 is 2.57 bits per heavy atom. The first-order valence-electron chi connectivity index (χ1n) is 7.60. The van der Waals surface area contributed by atoms with Crippen molar-refractivity contribution in [2.75, 3.05) is 6.54 Å². The molecule has 1 aliphatic rings. The molecule has 23 heavy (non-hydrogen) atoms.